The third kappa shape index (κ3) is 2.96. The van der Waals surface area contributed by atoms with Crippen LogP contribution in [0.3, 0.4) is 0 Å². The average Bonchev–Trinajstić information content (AvgIpc) is 3.23. The molecule has 4 rings (SSSR count). The van der Waals surface area contributed by atoms with Gasteiger partial charge in [-0.2, -0.15) is 0 Å². The van der Waals surface area contributed by atoms with E-state index in [2.05, 4.69) is 48.2 Å². The lowest BCUT2D eigenvalue weighted by molar-refractivity contribution is 0.160. The van der Waals surface area contributed by atoms with Gasteiger partial charge in [0.05, 0.1) is 16.7 Å². The maximum absolute atomic E-state index is 10.1. The van der Waals surface area contributed by atoms with E-state index in [-0.39, 0.29) is 6.10 Å². The minimum atomic E-state index is -0.313. The van der Waals surface area contributed by atoms with E-state index >= 15 is 0 Å². The van der Waals surface area contributed by atoms with Crippen molar-refractivity contribution in [3.05, 3.63) is 34.8 Å². The molecule has 0 spiro atoms. The van der Waals surface area contributed by atoms with E-state index in [0.717, 1.165) is 53.5 Å². The highest BCUT2D eigenvalue weighted by atomic mass is 32.1. The Labute approximate surface area is 147 Å². The van der Waals surface area contributed by atoms with Crippen LogP contribution in [0, 0.1) is 0 Å². The molecule has 1 unspecified atom stereocenters. The van der Waals surface area contributed by atoms with Gasteiger partial charge in [-0.1, -0.05) is 0 Å². The normalized spacial score (nSPS) is 23.8. The Morgan fingerprint density at radius 2 is 2.00 bits per heavy atom. The van der Waals surface area contributed by atoms with Crippen LogP contribution in [0.4, 0.5) is 5.69 Å². The van der Waals surface area contributed by atoms with Crippen molar-refractivity contribution in [2.24, 2.45) is 0 Å². The number of aliphatic hydroxyl groups excluding tert-OH is 1. The number of aromatic nitrogens is 1. The van der Waals surface area contributed by atoms with Crippen molar-refractivity contribution in [2.75, 3.05) is 32.1 Å². The highest BCUT2D eigenvalue weighted by molar-refractivity contribution is 7.15. The average molecular weight is 343 g/mol. The molecule has 0 bridgehead atoms. The molecule has 2 aromatic rings. The Balaban J connectivity index is 1.52. The van der Waals surface area contributed by atoms with Gasteiger partial charge in [0.15, 0.2) is 0 Å². The largest absolute Gasteiger partial charge is 0.388 e. The van der Waals surface area contributed by atoms with Gasteiger partial charge in [-0.15, -0.1) is 11.3 Å². The number of nitrogens with zero attached hydrogens (tertiary/aromatic N) is 3. The number of likely N-dealkylation sites (N-methyl/N-ethyl adjacent to an activating group) is 1. The summed E-state index contributed by atoms with van der Waals surface area (Å²) in [5.41, 5.74) is 3.56. The summed E-state index contributed by atoms with van der Waals surface area (Å²) in [4.78, 5) is 10.6. The van der Waals surface area contributed by atoms with E-state index in [1.807, 2.05) is 0 Å². The van der Waals surface area contributed by atoms with E-state index in [4.69, 9.17) is 4.98 Å². The minimum Gasteiger partial charge on any atom is -0.388 e. The molecule has 128 valence electrons. The zero-order valence-corrected chi connectivity index (χ0v) is 15.2. The second-order valence-corrected chi connectivity index (χ2v) is 8.17. The van der Waals surface area contributed by atoms with Gasteiger partial charge < -0.3 is 14.9 Å². The van der Waals surface area contributed by atoms with Gasteiger partial charge in [-0.25, -0.2) is 4.98 Å². The van der Waals surface area contributed by atoms with Crippen LogP contribution >= 0.6 is 11.3 Å². The Morgan fingerprint density at radius 3 is 2.67 bits per heavy atom. The first-order valence-electron chi connectivity index (χ1n) is 8.81. The lowest BCUT2D eigenvalue weighted by Crippen LogP contribution is -2.31. The first-order valence-corrected chi connectivity index (χ1v) is 9.63. The maximum atomic E-state index is 10.1. The molecule has 1 fully saturated rings. The molecule has 1 aliphatic heterocycles. The highest BCUT2D eigenvalue weighted by Gasteiger charge is 2.25. The van der Waals surface area contributed by atoms with E-state index in [1.54, 1.807) is 11.3 Å². The summed E-state index contributed by atoms with van der Waals surface area (Å²) < 4.78 is 0. The van der Waals surface area contributed by atoms with Crippen molar-refractivity contribution in [1.29, 1.82) is 0 Å². The van der Waals surface area contributed by atoms with Crippen LogP contribution in [0.5, 0.6) is 0 Å². The van der Waals surface area contributed by atoms with Crippen LogP contribution in [0.25, 0.3) is 10.6 Å². The fourth-order valence-corrected chi connectivity index (χ4v) is 4.87. The molecule has 1 aliphatic carbocycles. The van der Waals surface area contributed by atoms with Crippen LogP contribution in [-0.4, -0.2) is 48.2 Å². The number of fused-ring (bicyclic) bond motifs is 1. The highest BCUT2D eigenvalue weighted by Crippen LogP contribution is 2.38. The van der Waals surface area contributed by atoms with E-state index in [1.165, 1.54) is 12.1 Å². The Bertz CT molecular complexity index is 710. The molecule has 5 heteroatoms. The van der Waals surface area contributed by atoms with Crippen LogP contribution in [0.2, 0.25) is 0 Å². The predicted molar refractivity (Wildman–Crippen MR) is 99.8 cm³/mol. The quantitative estimate of drug-likeness (QED) is 0.928. The molecule has 4 nitrogen and oxygen atoms in total. The molecule has 24 heavy (non-hydrogen) atoms. The smallest absolute Gasteiger partial charge is 0.123 e. The van der Waals surface area contributed by atoms with Gasteiger partial charge in [-0.3, -0.25) is 0 Å². The zero-order chi connectivity index (χ0) is 16.7. The summed E-state index contributed by atoms with van der Waals surface area (Å²) in [6, 6.07) is 9.43. The van der Waals surface area contributed by atoms with Crippen LogP contribution < -0.4 is 4.90 Å². The van der Waals surface area contributed by atoms with Crippen molar-refractivity contribution in [2.45, 2.75) is 37.8 Å². The third-order valence-electron chi connectivity index (χ3n) is 5.29. The second-order valence-electron chi connectivity index (χ2n) is 7.14. The van der Waals surface area contributed by atoms with Crippen molar-refractivity contribution in [3.8, 4) is 10.6 Å². The zero-order valence-electron chi connectivity index (χ0n) is 14.4. The maximum Gasteiger partial charge on any atom is 0.123 e. The Morgan fingerprint density at radius 1 is 1.21 bits per heavy atom. The molecule has 1 N–H and O–H groups in total. The van der Waals surface area contributed by atoms with Crippen molar-refractivity contribution in [3.63, 3.8) is 0 Å². The number of rotatable bonds is 3. The topological polar surface area (TPSA) is 39.6 Å². The van der Waals surface area contributed by atoms with Crippen molar-refractivity contribution < 1.29 is 5.11 Å². The van der Waals surface area contributed by atoms with Gasteiger partial charge in [0, 0.05) is 30.4 Å². The molecule has 2 atom stereocenters. The number of benzene rings is 1. The molecular formula is C19H25N3OS. The van der Waals surface area contributed by atoms with Gasteiger partial charge in [0.2, 0.25) is 0 Å². The van der Waals surface area contributed by atoms with Crippen molar-refractivity contribution >= 4 is 17.0 Å². The molecule has 0 saturated carbocycles. The molecule has 1 saturated heterocycles. The molecule has 2 aliphatic rings. The Kier molecular flexibility index (Phi) is 4.33. The molecule has 1 aromatic heterocycles. The monoisotopic (exact) mass is 343 g/mol. The Hall–Kier alpha value is -1.43. The number of aryl methyl sites for hydroxylation is 1. The molecule has 1 aromatic carbocycles. The fourth-order valence-electron chi connectivity index (χ4n) is 3.73. The van der Waals surface area contributed by atoms with Gasteiger partial charge in [0.25, 0.3) is 0 Å². The van der Waals surface area contributed by atoms with Gasteiger partial charge in [0.1, 0.15) is 5.01 Å². The third-order valence-corrected chi connectivity index (χ3v) is 6.54. The molecular weight excluding hydrogens is 318 g/mol. The van der Waals surface area contributed by atoms with Gasteiger partial charge >= 0.3 is 0 Å². The van der Waals surface area contributed by atoms with Gasteiger partial charge in [-0.05, 0) is 64.0 Å². The number of hydrogen-bond acceptors (Lipinski definition) is 5. The van der Waals surface area contributed by atoms with E-state index in [0.29, 0.717) is 6.04 Å². The molecule has 2 heterocycles. The summed E-state index contributed by atoms with van der Waals surface area (Å²) in [7, 11) is 4.33. The number of aliphatic hydroxyl groups is 1. The SMILES string of the molecule is CN(C)[C@H]1CCN(c2ccc(-c3nc4c(s3)C(O)CCC4)cc2)C1. The number of hydrogen-bond donors (Lipinski definition) is 1. The lowest BCUT2D eigenvalue weighted by atomic mass is 10.0. The van der Waals surface area contributed by atoms with Crippen LogP contribution in [0.15, 0.2) is 24.3 Å². The molecule has 0 amide bonds. The van der Waals surface area contributed by atoms with E-state index < -0.39 is 0 Å². The van der Waals surface area contributed by atoms with Crippen LogP contribution in [-0.2, 0) is 6.42 Å². The predicted octanol–water partition coefficient (Wildman–Crippen LogP) is 3.32. The summed E-state index contributed by atoms with van der Waals surface area (Å²) in [5.74, 6) is 0. The fraction of sp³-hybridized carbons (Fsp3) is 0.526. The van der Waals surface area contributed by atoms with Crippen molar-refractivity contribution in [1.82, 2.24) is 9.88 Å². The summed E-state index contributed by atoms with van der Waals surface area (Å²) in [6.45, 7) is 2.23. The first kappa shape index (κ1) is 16.1. The summed E-state index contributed by atoms with van der Waals surface area (Å²) in [5, 5.41) is 11.2. The number of anilines is 1. The number of thiazole rings is 1. The minimum absolute atomic E-state index is 0.313. The summed E-state index contributed by atoms with van der Waals surface area (Å²) in [6.07, 6.45) is 3.83. The van der Waals surface area contributed by atoms with Crippen LogP contribution in [0.1, 0.15) is 35.9 Å². The first-order chi connectivity index (χ1) is 11.6. The second kappa shape index (κ2) is 6.47. The molecule has 0 radical (unpaired) electrons. The standard InChI is InChI=1S/C19H25N3OS/c1-21(2)15-10-11-22(12-15)14-8-6-13(7-9-14)19-20-16-4-3-5-17(23)18(16)24-19/h6-9,15,17,23H,3-5,10-12H2,1-2H3/t15-,17?/m0/s1. The van der Waals surface area contributed by atoms with E-state index in [9.17, 15) is 5.11 Å². The summed E-state index contributed by atoms with van der Waals surface area (Å²) >= 11 is 1.66. The lowest BCUT2D eigenvalue weighted by Gasteiger charge is -2.21.